The van der Waals surface area contributed by atoms with Crippen LogP contribution in [0.5, 0.6) is 0 Å². The zero-order chi connectivity index (χ0) is 21.5. The van der Waals surface area contributed by atoms with Crippen molar-refractivity contribution >= 4 is 11.4 Å². The summed E-state index contributed by atoms with van der Waals surface area (Å²) < 4.78 is 1.48. The van der Waals surface area contributed by atoms with Gasteiger partial charge in [0.25, 0.3) is 0 Å². The molecule has 0 N–H and O–H groups in total. The Kier molecular flexibility index (Phi) is 7.79. The highest BCUT2D eigenvalue weighted by molar-refractivity contribution is 5.82. The highest BCUT2D eigenvalue weighted by atomic mass is 15.2. The van der Waals surface area contributed by atoms with E-state index in [9.17, 15) is 5.53 Å². The number of unbranched alkanes of at least 4 members (excludes halogenated alkanes) is 4. The molecule has 3 rings (SSSR count). The molecule has 0 fully saturated rings. The molecular formula is C28H36N2. The summed E-state index contributed by atoms with van der Waals surface area (Å²) in [5.74, 6) is 0. The van der Waals surface area contributed by atoms with Crippen molar-refractivity contribution in [3.8, 4) is 0 Å². The molecule has 0 spiro atoms. The van der Waals surface area contributed by atoms with E-state index in [4.69, 9.17) is 0 Å². The van der Waals surface area contributed by atoms with Gasteiger partial charge in [0.1, 0.15) is 0 Å². The van der Waals surface area contributed by atoms with E-state index >= 15 is 0 Å². The van der Waals surface area contributed by atoms with Gasteiger partial charge in [-0.15, -0.1) is 0 Å². The van der Waals surface area contributed by atoms with Crippen LogP contribution in [0.1, 0.15) is 87.5 Å². The Bertz CT molecular complexity index is 928. The summed E-state index contributed by atoms with van der Waals surface area (Å²) in [5, 5.41) is 0. The minimum absolute atomic E-state index is 0.976. The lowest BCUT2D eigenvalue weighted by atomic mass is 9.91. The third kappa shape index (κ3) is 4.98. The molecule has 0 aromatic heterocycles. The molecule has 0 saturated heterocycles. The maximum absolute atomic E-state index is 11.5. The van der Waals surface area contributed by atoms with Gasteiger partial charge in [0.15, 0.2) is 0 Å². The lowest BCUT2D eigenvalue weighted by Gasteiger charge is -2.10. The van der Waals surface area contributed by atoms with Crippen molar-refractivity contribution in [3.05, 3.63) is 87.5 Å². The van der Waals surface area contributed by atoms with Gasteiger partial charge in [0.2, 0.25) is 11.4 Å². The smallest absolute Gasteiger partial charge is 0.211 e. The second-order valence-corrected chi connectivity index (χ2v) is 8.61. The summed E-state index contributed by atoms with van der Waals surface area (Å²) in [6, 6.07) is 17.1. The van der Waals surface area contributed by atoms with Crippen molar-refractivity contribution in [2.24, 2.45) is 0 Å². The maximum atomic E-state index is 11.5. The average Bonchev–Trinajstić information content (AvgIpc) is 3.02. The molecule has 30 heavy (non-hydrogen) atoms. The first kappa shape index (κ1) is 22.2. The zero-order valence-electron chi connectivity index (χ0n) is 19.2. The molecule has 0 aliphatic carbocycles. The van der Waals surface area contributed by atoms with Crippen LogP contribution in [0.25, 0.3) is 16.9 Å². The number of nitrogens with zero attached hydrogens (tertiary/aromatic N) is 2. The largest absolute Gasteiger partial charge is 0.493 e. The first-order valence-corrected chi connectivity index (χ1v) is 11.7. The second kappa shape index (κ2) is 10.5. The number of hydrogen-bond acceptors (Lipinski definition) is 0. The van der Waals surface area contributed by atoms with Crippen LogP contribution in [0.4, 0.5) is 0 Å². The summed E-state index contributed by atoms with van der Waals surface area (Å²) in [5.41, 5.74) is 20.8. The Balaban J connectivity index is 2.09. The van der Waals surface area contributed by atoms with E-state index < -0.39 is 0 Å². The molecule has 2 heteroatoms. The molecule has 2 aromatic rings. The fraction of sp³-hybridized carbons (Fsp3) is 0.429. The predicted octanol–water partition coefficient (Wildman–Crippen LogP) is 8.63. The Labute approximate surface area is 182 Å². The topological polar surface area (TPSA) is 25.3 Å². The van der Waals surface area contributed by atoms with Gasteiger partial charge in [-0.2, -0.15) is 0 Å². The van der Waals surface area contributed by atoms with E-state index in [1.165, 1.54) is 52.7 Å². The molecule has 1 aliphatic heterocycles. The summed E-state index contributed by atoms with van der Waals surface area (Å²) in [6.45, 7) is 8.71. The maximum Gasteiger partial charge on any atom is 0.211 e. The minimum Gasteiger partial charge on any atom is -0.493 e. The van der Waals surface area contributed by atoms with Crippen molar-refractivity contribution in [2.45, 2.75) is 79.1 Å². The van der Waals surface area contributed by atoms with Gasteiger partial charge in [-0.3, -0.25) is 0 Å². The Morgan fingerprint density at radius 1 is 0.600 bits per heavy atom. The van der Waals surface area contributed by atoms with Gasteiger partial charge in [-0.05, 0) is 63.8 Å². The number of aryl methyl sites for hydroxylation is 2. The van der Waals surface area contributed by atoms with Gasteiger partial charge < -0.3 is 5.53 Å². The monoisotopic (exact) mass is 400 g/mol. The number of allylic oxidation sites excluding steroid dienone is 2. The van der Waals surface area contributed by atoms with Crippen LogP contribution in [0, 0.1) is 13.8 Å². The van der Waals surface area contributed by atoms with Crippen molar-refractivity contribution in [2.75, 3.05) is 0 Å². The number of rotatable bonds is 10. The zero-order valence-corrected chi connectivity index (χ0v) is 19.2. The SMILES string of the molecule is CCCCCCC1=C(c2ccc(C)cc2)[N+](=[N-])C(c2ccc(C)cc2)=C1CCCC. The van der Waals surface area contributed by atoms with Crippen LogP contribution in [-0.2, 0) is 0 Å². The predicted molar refractivity (Wildman–Crippen MR) is 128 cm³/mol. The summed E-state index contributed by atoms with van der Waals surface area (Å²) in [6.07, 6.45) is 9.25. The van der Waals surface area contributed by atoms with Crippen molar-refractivity contribution in [3.63, 3.8) is 0 Å². The van der Waals surface area contributed by atoms with Crippen LogP contribution < -0.4 is 0 Å². The minimum atomic E-state index is 0.976. The molecule has 0 radical (unpaired) electrons. The van der Waals surface area contributed by atoms with E-state index in [1.54, 1.807) is 0 Å². The van der Waals surface area contributed by atoms with E-state index in [2.05, 4.69) is 76.2 Å². The number of hydrogen-bond donors (Lipinski definition) is 0. The van der Waals surface area contributed by atoms with E-state index in [0.29, 0.717) is 0 Å². The second-order valence-electron chi connectivity index (χ2n) is 8.61. The van der Waals surface area contributed by atoms with Crippen LogP contribution in [0.3, 0.4) is 0 Å². The van der Waals surface area contributed by atoms with Gasteiger partial charge in [-0.25, -0.2) is 4.70 Å². The fourth-order valence-electron chi connectivity index (χ4n) is 4.29. The third-order valence-corrected chi connectivity index (χ3v) is 6.07. The highest BCUT2D eigenvalue weighted by Crippen LogP contribution is 2.44. The van der Waals surface area contributed by atoms with Gasteiger partial charge in [0, 0.05) is 22.3 Å². The van der Waals surface area contributed by atoms with Crippen molar-refractivity contribution < 1.29 is 4.70 Å². The molecule has 2 nitrogen and oxygen atoms in total. The van der Waals surface area contributed by atoms with E-state index in [1.807, 2.05) is 0 Å². The molecule has 1 aliphatic rings. The van der Waals surface area contributed by atoms with Crippen LogP contribution in [0.2, 0.25) is 0 Å². The molecule has 0 amide bonds. The molecule has 2 aromatic carbocycles. The Morgan fingerprint density at radius 3 is 1.47 bits per heavy atom. The number of benzene rings is 2. The third-order valence-electron chi connectivity index (χ3n) is 6.07. The van der Waals surface area contributed by atoms with E-state index in [0.717, 1.165) is 48.2 Å². The Hall–Kier alpha value is -2.48. The lowest BCUT2D eigenvalue weighted by Crippen LogP contribution is -2.02. The average molecular weight is 401 g/mol. The Morgan fingerprint density at radius 2 is 1.03 bits per heavy atom. The lowest BCUT2D eigenvalue weighted by molar-refractivity contribution is -0.345. The van der Waals surface area contributed by atoms with Crippen LogP contribution in [-0.4, -0.2) is 4.70 Å². The van der Waals surface area contributed by atoms with Crippen LogP contribution in [0.15, 0.2) is 59.7 Å². The molecule has 0 bridgehead atoms. The molecule has 158 valence electrons. The molecule has 0 unspecified atom stereocenters. The van der Waals surface area contributed by atoms with Crippen molar-refractivity contribution in [1.82, 2.24) is 0 Å². The molecule has 0 atom stereocenters. The summed E-state index contributed by atoms with van der Waals surface area (Å²) in [4.78, 5) is 0. The summed E-state index contributed by atoms with van der Waals surface area (Å²) in [7, 11) is 0. The van der Waals surface area contributed by atoms with Crippen molar-refractivity contribution in [1.29, 1.82) is 0 Å². The molecular weight excluding hydrogens is 364 g/mol. The quantitative estimate of drug-likeness (QED) is 0.282. The normalized spacial score (nSPS) is 14.2. The van der Waals surface area contributed by atoms with Crippen LogP contribution >= 0.6 is 0 Å². The first-order valence-electron chi connectivity index (χ1n) is 11.7. The molecule has 1 heterocycles. The standard InChI is InChI=1S/C28H36N2/c1-5-7-9-10-12-26-25(11-8-6-2)27(23-17-13-21(3)14-18-23)30(29)28(26)24-19-15-22(4)16-20-24/h13-20H,5-12H2,1-4H3. The van der Waals surface area contributed by atoms with E-state index in [-0.39, 0.29) is 0 Å². The molecule has 0 saturated carbocycles. The first-order chi connectivity index (χ1) is 14.6. The summed E-state index contributed by atoms with van der Waals surface area (Å²) >= 11 is 0. The fourth-order valence-corrected chi connectivity index (χ4v) is 4.29. The van der Waals surface area contributed by atoms with Gasteiger partial charge in [0.05, 0.1) is 0 Å². The van der Waals surface area contributed by atoms with Gasteiger partial charge in [-0.1, -0.05) is 74.9 Å². The van der Waals surface area contributed by atoms with Gasteiger partial charge >= 0.3 is 0 Å². The highest BCUT2D eigenvalue weighted by Gasteiger charge is 2.34.